The van der Waals surface area contributed by atoms with Gasteiger partial charge in [0.1, 0.15) is 0 Å². The minimum atomic E-state index is -0.363. The minimum Gasteiger partial charge on any atom is -0.293 e. The monoisotopic (exact) mass is 262 g/mol. The second-order valence-corrected chi connectivity index (χ2v) is 4.38. The van der Waals surface area contributed by atoms with Crippen molar-refractivity contribution in [1.82, 2.24) is 9.78 Å². The van der Waals surface area contributed by atoms with Crippen LogP contribution < -0.4 is 5.43 Å². The maximum absolute atomic E-state index is 11.6. The molecule has 0 aliphatic carbocycles. The molecule has 1 aromatic carbocycles. The van der Waals surface area contributed by atoms with E-state index in [0.717, 1.165) is 0 Å². The van der Waals surface area contributed by atoms with Crippen LogP contribution in [0.15, 0.2) is 35.1 Å². The van der Waals surface area contributed by atoms with Crippen LogP contribution in [0.5, 0.6) is 0 Å². The van der Waals surface area contributed by atoms with Crippen LogP contribution in [0.2, 0.25) is 5.02 Å². The van der Waals surface area contributed by atoms with Crippen molar-refractivity contribution in [2.24, 2.45) is 0 Å². The van der Waals surface area contributed by atoms with Crippen molar-refractivity contribution in [1.29, 1.82) is 0 Å². The fraction of sp³-hybridized carbons (Fsp3) is 0.154. The molecule has 4 nitrogen and oxygen atoms in total. The van der Waals surface area contributed by atoms with Crippen molar-refractivity contribution >= 4 is 17.4 Å². The van der Waals surface area contributed by atoms with Crippen LogP contribution in [0.3, 0.4) is 0 Å². The molecule has 18 heavy (non-hydrogen) atoms. The molecule has 0 fully saturated rings. The zero-order valence-corrected chi connectivity index (χ0v) is 10.7. The van der Waals surface area contributed by atoms with Gasteiger partial charge >= 0.3 is 0 Å². The smallest absolute Gasteiger partial charge is 0.211 e. The van der Waals surface area contributed by atoms with E-state index in [1.165, 1.54) is 17.7 Å². The molecule has 1 heterocycles. The summed E-state index contributed by atoms with van der Waals surface area (Å²) in [5.74, 6) is -0.351. The summed E-state index contributed by atoms with van der Waals surface area (Å²) in [6, 6.07) is 8.44. The summed E-state index contributed by atoms with van der Waals surface area (Å²) in [6.45, 7) is 3.07. The van der Waals surface area contributed by atoms with E-state index in [9.17, 15) is 9.59 Å². The second-order valence-electron chi connectivity index (χ2n) is 3.95. The first kappa shape index (κ1) is 12.5. The molecule has 0 N–H and O–H groups in total. The van der Waals surface area contributed by atoms with Gasteiger partial charge in [-0.05, 0) is 25.1 Å². The molecule has 0 spiro atoms. The minimum absolute atomic E-state index is 0.0689. The molecule has 0 unspecified atom stereocenters. The highest BCUT2D eigenvalue weighted by molar-refractivity contribution is 6.30. The van der Waals surface area contributed by atoms with Crippen molar-refractivity contribution in [2.45, 2.75) is 13.8 Å². The van der Waals surface area contributed by atoms with Crippen LogP contribution in [0.4, 0.5) is 0 Å². The van der Waals surface area contributed by atoms with E-state index in [0.29, 0.717) is 16.4 Å². The number of aromatic nitrogens is 2. The lowest BCUT2D eigenvalue weighted by atomic mass is 10.2. The highest BCUT2D eigenvalue weighted by atomic mass is 35.5. The lowest BCUT2D eigenvalue weighted by molar-refractivity contribution is 0.101. The maximum Gasteiger partial charge on any atom is 0.211 e. The van der Waals surface area contributed by atoms with Crippen LogP contribution in [0, 0.1) is 6.92 Å². The highest BCUT2D eigenvalue weighted by Gasteiger charge is 2.11. The number of hydrogen-bond donors (Lipinski definition) is 0. The van der Waals surface area contributed by atoms with E-state index in [1.807, 2.05) is 0 Å². The first-order valence-electron chi connectivity index (χ1n) is 5.37. The number of nitrogens with zero attached hydrogens (tertiary/aromatic N) is 2. The molecule has 2 aromatic rings. The molecule has 0 amide bonds. The molecule has 0 aliphatic rings. The van der Waals surface area contributed by atoms with Gasteiger partial charge in [0, 0.05) is 23.7 Å². The molecular formula is C13H11ClN2O2. The molecule has 0 saturated carbocycles. The van der Waals surface area contributed by atoms with Crippen LogP contribution in [0.25, 0.3) is 5.69 Å². The van der Waals surface area contributed by atoms with Crippen LogP contribution in [-0.4, -0.2) is 15.6 Å². The molecule has 1 aromatic heterocycles. The SMILES string of the molecule is CC(=O)c1nn(-c2cccc(Cl)c2)c(C)cc1=O. The van der Waals surface area contributed by atoms with Gasteiger partial charge in [-0.2, -0.15) is 5.10 Å². The predicted molar refractivity (Wildman–Crippen MR) is 69.6 cm³/mol. The average Bonchev–Trinajstić information content (AvgIpc) is 2.28. The Hall–Kier alpha value is -1.94. The number of carbonyl (C=O) groups excluding carboxylic acids is 1. The maximum atomic E-state index is 11.6. The Bertz CT molecular complexity index is 677. The Morgan fingerprint density at radius 3 is 2.67 bits per heavy atom. The number of halogens is 1. The zero-order chi connectivity index (χ0) is 13.3. The summed E-state index contributed by atoms with van der Waals surface area (Å²) in [4.78, 5) is 22.9. The average molecular weight is 263 g/mol. The quantitative estimate of drug-likeness (QED) is 0.781. The van der Waals surface area contributed by atoms with Gasteiger partial charge in [0.2, 0.25) is 5.43 Å². The van der Waals surface area contributed by atoms with Crippen molar-refractivity contribution in [2.75, 3.05) is 0 Å². The Labute approximate surface area is 109 Å². The molecule has 0 saturated heterocycles. The predicted octanol–water partition coefficient (Wildman–Crippen LogP) is 2.40. The largest absolute Gasteiger partial charge is 0.293 e. The normalized spacial score (nSPS) is 10.4. The second kappa shape index (κ2) is 4.74. The third-order valence-corrected chi connectivity index (χ3v) is 2.73. The molecular weight excluding hydrogens is 252 g/mol. The van der Waals surface area contributed by atoms with Crippen molar-refractivity contribution < 1.29 is 4.79 Å². The number of aryl methyl sites for hydroxylation is 1. The van der Waals surface area contributed by atoms with Gasteiger partial charge in [0.15, 0.2) is 11.5 Å². The lowest BCUT2D eigenvalue weighted by Gasteiger charge is -2.10. The summed E-state index contributed by atoms with van der Waals surface area (Å²) in [7, 11) is 0. The summed E-state index contributed by atoms with van der Waals surface area (Å²) < 4.78 is 1.53. The summed E-state index contributed by atoms with van der Waals surface area (Å²) in [6.07, 6.45) is 0. The number of rotatable bonds is 2. The van der Waals surface area contributed by atoms with E-state index in [-0.39, 0.29) is 16.9 Å². The number of Topliss-reactive ketones (excluding diaryl/α,β-unsaturated/α-hetero) is 1. The summed E-state index contributed by atoms with van der Waals surface area (Å²) in [5, 5.41) is 4.65. The van der Waals surface area contributed by atoms with Crippen LogP contribution >= 0.6 is 11.6 Å². The molecule has 5 heteroatoms. The highest BCUT2D eigenvalue weighted by Crippen LogP contribution is 2.15. The first-order chi connectivity index (χ1) is 8.49. The number of carbonyl (C=O) groups is 1. The molecule has 0 bridgehead atoms. The van der Waals surface area contributed by atoms with E-state index in [2.05, 4.69) is 5.10 Å². The van der Waals surface area contributed by atoms with Crippen molar-refractivity contribution in [3.8, 4) is 5.69 Å². The molecule has 2 rings (SSSR count). The molecule has 92 valence electrons. The van der Waals surface area contributed by atoms with Gasteiger partial charge in [-0.15, -0.1) is 0 Å². The van der Waals surface area contributed by atoms with E-state index >= 15 is 0 Å². The van der Waals surface area contributed by atoms with E-state index in [1.54, 1.807) is 31.2 Å². The van der Waals surface area contributed by atoms with E-state index < -0.39 is 0 Å². The van der Waals surface area contributed by atoms with Crippen molar-refractivity contribution in [3.05, 3.63) is 57.0 Å². The number of ketones is 1. The fourth-order valence-electron chi connectivity index (χ4n) is 1.66. The summed E-state index contributed by atoms with van der Waals surface area (Å²) in [5.41, 5.74) is 0.925. The first-order valence-corrected chi connectivity index (χ1v) is 5.74. The Kier molecular flexibility index (Phi) is 3.30. The number of hydrogen-bond acceptors (Lipinski definition) is 3. The fourth-order valence-corrected chi connectivity index (χ4v) is 1.85. The third-order valence-electron chi connectivity index (χ3n) is 2.49. The Morgan fingerprint density at radius 1 is 1.33 bits per heavy atom. The van der Waals surface area contributed by atoms with Gasteiger partial charge in [-0.3, -0.25) is 9.59 Å². The third kappa shape index (κ3) is 2.33. The van der Waals surface area contributed by atoms with Crippen LogP contribution in [-0.2, 0) is 0 Å². The van der Waals surface area contributed by atoms with Gasteiger partial charge in [-0.1, -0.05) is 17.7 Å². The number of benzene rings is 1. The lowest BCUT2D eigenvalue weighted by Crippen LogP contribution is -2.21. The van der Waals surface area contributed by atoms with Gasteiger partial charge in [-0.25, -0.2) is 4.68 Å². The summed E-state index contributed by atoms with van der Waals surface area (Å²) >= 11 is 5.91. The van der Waals surface area contributed by atoms with Gasteiger partial charge < -0.3 is 0 Å². The van der Waals surface area contributed by atoms with Crippen molar-refractivity contribution in [3.63, 3.8) is 0 Å². The molecule has 0 radical (unpaired) electrons. The van der Waals surface area contributed by atoms with Gasteiger partial charge in [0.05, 0.1) is 5.69 Å². The standard InChI is InChI=1S/C13H11ClN2O2/c1-8-6-12(18)13(9(2)17)15-16(8)11-5-3-4-10(14)7-11/h3-7H,1-2H3. The topological polar surface area (TPSA) is 52.0 Å². The van der Waals surface area contributed by atoms with Crippen LogP contribution in [0.1, 0.15) is 23.1 Å². The van der Waals surface area contributed by atoms with E-state index in [4.69, 9.17) is 11.6 Å². The molecule has 0 aliphatic heterocycles. The molecule has 0 atom stereocenters. The Balaban J connectivity index is 2.68. The van der Waals surface area contributed by atoms with Gasteiger partial charge in [0.25, 0.3) is 0 Å². The Morgan fingerprint density at radius 2 is 2.06 bits per heavy atom. The zero-order valence-electron chi connectivity index (χ0n) is 9.98.